The highest BCUT2D eigenvalue weighted by Gasteiger charge is 2.21. The molecule has 0 spiro atoms. The van der Waals surface area contributed by atoms with Crippen molar-refractivity contribution in [2.45, 2.75) is 31.2 Å². The standard InChI is InChI=1S/C14H19BrFNO/c1-2-18-13-5-7-17(8-6-13)14-4-3-12(16)9-11(14)10-15/h3-4,9,13H,2,5-8,10H2,1H3. The van der Waals surface area contributed by atoms with Gasteiger partial charge in [0.15, 0.2) is 0 Å². The summed E-state index contributed by atoms with van der Waals surface area (Å²) in [5.41, 5.74) is 2.16. The van der Waals surface area contributed by atoms with Crippen molar-refractivity contribution in [2.24, 2.45) is 0 Å². The molecule has 0 radical (unpaired) electrons. The van der Waals surface area contributed by atoms with Crippen molar-refractivity contribution in [3.05, 3.63) is 29.6 Å². The smallest absolute Gasteiger partial charge is 0.123 e. The van der Waals surface area contributed by atoms with E-state index in [1.165, 1.54) is 6.07 Å². The van der Waals surface area contributed by atoms with Gasteiger partial charge in [0.05, 0.1) is 6.10 Å². The first-order chi connectivity index (χ1) is 8.74. The zero-order valence-electron chi connectivity index (χ0n) is 10.7. The normalized spacial score (nSPS) is 17.2. The van der Waals surface area contributed by atoms with Gasteiger partial charge in [0.2, 0.25) is 0 Å². The SMILES string of the molecule is CCOC1CCN(c2ccc(F)cc2CBr)CC1. The van der Waals surface area contributed by atoms with E-state index in [0.717, 1.165) is 43.8 Å². The second-order valence-electron chi connectivity index (χ2n) is 4.55. The van der Waals surface area contributed by atoms with Crippen molar-refractivity contribution >= 4 is 21.6 Å². The summed E-state index contributed by atoms with van der Waals surface area (Å²) in [6, 6.07) is 5.03. The minimum atomic E-state index is -0.169. The van der Waals surface area contributed by atoms with E-state index in [1.54, 1.807) is 6.07 Å². The van der Waals surface area contributed by atoms with E-state index >= 15 is 0 Å². The lowest BCUT2D eigenvalue weighted by Gasteiger charge is -2.34. The van der Waals surface area contributed by atoms with Gasteiger partial charge < -0.3 is 9.64 Å². The fourth-order valence-electron chi connectivity index (χ4n) is 2.47. The molecule has 0 unspecified atom stereocenters. The maximum atomic E-state index is 13.2. The maximum absolute atomic E-state index is 13.2. The summed E-state index contributed by atoms with van der Waals surface area (Å²) >= 11 is 3.43. The van der Waals surface area contributed by atoms with E-state index in [1.807, 2.05) is 13.0 Å². The van der Waals surface area contributed by atoms with Crippen molar-refractivity contribution in [1.82, 2.24) is 0 Å². The predicted octanol–water partition coefficient (Wildman–Crippen LogP) is 3.73. The first kappa shape index (κ1) is 13.8. The molecule has 1 aliphatic heterocycles. The van der Waals surface area contributed by atoms with Crippen LogP contribution in [-0.4, -0.2) is 25.8 Å². The zero-order valence-corrected chi connectivity index (χ0v) is 12.2. The summed E-state index contributed by atoms with van der Waals surface area (Å²) in [4.78, 5) is 2.32. The highest BCUT2D eigenvalue weighted by molar-refractivity contribution is 9.08. The maximum Gasteiger partial charge on any atom is 0.123 e. The Labute approximate surface area is 116 Å². The van der Waals surface area contributed by atoms with Gasteiger partial charge in [-0.25, -0.2) is 4.39 Å². The molecule has 0 saturated carbocycles. The molecule has 0 bridgehead atoms. The molecule has 100 valence electrons. The van der Waals surface area contributed by atoms with E-state index < -0.39 is 0 Å². The molecule has 1 aromatic rings. The second-order valence-corrected chi connectivity index (χ2v) is 5.11. The fraction of sp³-hybridized carbons (Fsp3) is 0.571. The lowest BCUT2D eigenvalue weighted by atomic mass is 10.1. The molecule has 1 fully saturated rings. The van der Waals surface area contributed by atoms with Gasteiger partial charge in [-0.15, -0.1) is 0 Å². The molecule has 1 saturated heterocycles. The average molecular weight is 316 g/mol. The third-order valence-corrected chi connectivity index (χ3v) is 3.97. The molecule has 0 atom stereocenters. The quantitative estimate of drug-likeness (QED) is 0.785. The minimum Gasteiger partial charge on any atom is -0.378 e. The largest absolute Gasteiger partial charge is 0.378 e. The average Bonchev–Trinajstić information content (AvgIpc) is 2.40. The van der Waals surface area contributed by atoms with Crippen LogP contribution in [-0.2, 0) is 10.1 Å². The van der Waals surface area contributed by atoms with Crippen molar-refractivity contribution in [2.75, 3.05) is 24.6 Å². The van der Waals surface area contributed by atoms with E-state index in [2.05, 4.69) is 20.8 Å². The monoisotopic (exact) mass is 315 g/mol. The van der Waals surface area contributed by atoms with Gasteiger partial charge in [0.1, 0.15) is 5.82 Å². The summed E-state index contributed by atoms with van der Waals surface area (Å²) in [5.74, 6) is -0.169. The van der Waals surface area contributed by atoms with Crippen LogP contribution < -0.4 is 4.90 Å². The van der Waals surface area contributed by atoms with Crippen LogP contribution in [0.1, 0.15) is 25.3 Å². The highest BCUT2D eigenvalue weighted by atomic mass is 79.9. The molecular formula is C14H19BrFNO. The van der Waals surface area contributed by atoms with Crippen LogP contribution in [0.3, 0.4) is 0 Å². The third kappa shape index (κ3) is 3.23. The number of benzene rings is 1. The second kappa shape index (κ2) is 6.53. The van der Waals surface area contributed by atoms with Crippen molar-refractivity contribution in [3.63, 3.8) is 0 Å². The van der Waals surface area contributed by atoms with Gasteiger partial charge in [-0.05, 0) is 43.5 Å². The molecule has 1 aromatic carbocycles. The molecule has 1 aliphatic rings. The topological polar surface area (TPSA) is 12.5 Å². The molecule has 2 rings (SSSR count). The molecule has 2 nitrogen and oxygen atoms in total. The summed E-state index contributed by atoms with van der Waals surface area (Å²) in [7, 11) is 0. The number of ether oxygens (including phenoxy) is 1. The van der Waals surface area contributed by atoms with E-state index in [4.69, 9.17) is 4.74 Å². The van der Waals surface area contributed by atoms with E-state index in [9.17, 15) is 4.39 Å². The lowest BCUT2D eigenvalue weighted by Crippen LogP contribution is -2.37. The van der Waals surface area contributed by atoms with E-state index in [-0.39, 0.29) is 5.82 Å². The number of alkyl halides is 1. The Kier molecular flexibility index (Phi) is 5.01. The highest BCUT2D eigenvalue weighted by Crippen LogP contribution is 2.27. The van der Waals surface area contributed by atoms with Crippen LogP contribution in [0.5, 0.6) is 0 Å². The Morgan fingerprint density at radius 3 is 2.72 bits per heavy atom. The molecule has 18 heavy (non-hydrogen) atoms. The van der Waals surface area contributed by atoms with Crippen LogP contribution in [0.15, 0.2) is 18.2 Å². The third-order valence-electron chi connectivity index (χ3n) is 3.37. The number of hydrogen-bond donors (Lipinski definition) is 0. The summed E-state index contributed by atoms with van der Waals surface area (Å²) < 4.78 is 18.9. The number of nitrogens with zero attached hydrogens (tertiary/aromatic N) is 1. The van der Waals surface area contributed by atoms with Crippen molar-refractivity contribution < 1.29 is 9.13 Å². The number of piperidine rings is 1. The number of halogens is 2. The van der Waals surface area contributed by atoms with Gasteiger partial charge in [-0.1, -0.05) is 15.9 Å². The Balaban J connectivity index is 2.05. The lowest BCUT2D eigenvalue weighted by molar-refractivity contribution is 0.0459. The van der Waals surface area contributed by atoms with Gasteiger partial charge in [0, 0.05) is 30.7 Å². The van der Waals surface area contributed by atoms with Crippen molar-refractivity contribution in [3.8, 4) is 0 Å². The molecule has 1 heterocycles. The minimum absolute atomic E-state index is 0.169. The number of hydrogen-bond acceptors (Lipinski definition) is 2. The molecule has 0 N–H and O–H groups in total. The first-order valence-corrected chi connectivity index (χ1v) is 7.57. The van der Waals surface area contributed by atoms with Gasteiger partial charge in [-0.3, -0.25) is 0 Å². The summed E-state index contributed by atoms with van der Waals surface area (Å²) in [6.07, 6.45) is 2.49. The fourth-order valence-corrected chi connectivity index (χ4v) is 2.92. The molecule has 0 aromatic heterocycles. The van der Waals surface area contributed by atoms with Crippen LogP contribution >= 0.6 is 15.9 Å². The van der Waals surface area contributed by atoms with Crippen LogP contribution in [0.4, 0.5) is 10.1 Å². The van der Waals surface area contributed by atoms with Crippen LogP contribution in [0.2, 0.25) is 0 Å². The Hall–Kier alpha value is -0.610. The molecule has 0 aliphatic carbocycles. The molecule has 4 heteroatoms. The van der Waals surface area contributed by atoms with Crippen molar-refractivity contribution in [1.29, 1.82) is 0 Å². The first-order valence-electron chi connectivity index (χ1n) is 6.45. The predicted molar refractivity (Wildman–Crippen MR) is 75.9 cm³/mol. The Morgan fingerprint density at radius 1 is 1.39 bits per heavy atom. The van der Waals surface area contributed by atoms with E-state index in [0.29, 0.717) is 11.4 Å². The number of anilines is 1. The molecular weight excluding hydrogens is 297 g/mol. The van der Waals surface area contributed by atoms with Gasteiger partial charge in [-0.2, -0.15) is 0 Å². The van der Waals surface area contributed by atoms with Gasteiger partial charge >= 0.3 is 0 Å². The van der Waals surface area contributed by atoms with Crippen LogP contribution in [0, 0.1) is 5.82 Å². The summed E-state index contributed by atoms with van der Waals surface area (Å²) in [6.45, 7) is 4.79. The zero-order chi connectivity index (χ0) is 13.0. The van der Waals surface area contributed by atoms with Gasteiger partial charge in [0.25, 0.3) is 0 Å². The Morgan fingerprint density at radius 2 is 2.11 bits per heavy atom. The van der Waals surface area contributed by atoms with Crippen LogP contribution in [0.25, 0.3) is 0 Å². The Bertz CT molecular complexity index is 391. The molecule has 0 amide bonds. The summed E-state index contributed by atoms with van der Waals surface area (Å²) in [5, 5.41) is 0.686. The number of rotatable bonds is 4.